The Labute approximate surface area is 103 Å². The summed E-state index contributed by atoms with van der Waals surface area (Å²) in [6.45, 7) is 11.0. The highest BCUT2D eigenvalue weighted by atomic mass is 16.5. The lowest BCUT2D eigenvalue weighted by Crippen LogP contribution is -2.30. The fourth-order valence-electron chi connectivity index (χ4n) is 1.47. The van der Waals surface area contributed by atoms with E-state index in [9.17, 15) is 0 Å². The van der Waals surface area contributed by atoms with Crippen LogP contribution in [0, 0.1) is 0 Å². The fraction of sp³-hybridized carbons (Fsp3) is 0.833. The molecule has 5 nitrogen and oxygen atoms in total. The number of hydrogen-bond donors (Lipinski definition) is 1. The van der Waals surface area contributed by atoms with Gasteiger partial charge in [-0.2, -0.15) is 4.98 Å². The van der Waals surface area contributed by atoms with E-state index in [1.54, 1.807) is 7.11 Å². The summed E-state index contributed by atoms with van der Waals surface area (Å²) >= 11 is 0. The summed E-state index contributed by atoms with van der Waals surface area (Å²) in [6, 6.07) is 0.305. The number of nitrogens with zero attached hydrogens (tertiary/aromatic N) is 2. The van der Waals surface area contributed by atoms with E-state index in [0.717, 1.165) is 6.54 Å². The summed E-state index contributed by atoms with van der Waals surface area (Å²) in [4.78, 5) is 4.41. The van der Waals surface area contributed by atoms with E-state index in [1.807, 2.05) is 13.8 Å². The molecule has 0 aliphatic carbocycles. The highest BCUT2D eigenvalue weighted by molar-refractivity contribution is 5.01. The van der Waals surface area contributed by atoms with E-state index in [4.69, 9.17) is 9.26 Å². The van der Waals surface area contributed by atoms with Crippen molar-refractivity contribution in [1.29, 1.82) is 0 Å². The summed E-state index contributed by atoms with van der Waals surface area (Å²) in [5, 5.41) is 7.33. The van der Waals surface area contributed by atoms with Crippen LogP contribution in [0.25, 0.3) is 0 Å². The number of nitrogens with one attached hydrogen (secondary N) is 1. The zero-order chi connectivity index (χ0) is 13.1. The molecule has 1 rings (SSSR count). The fourth-order valence-corrected chi connectivity index (χ4v) is 1.47. The van der Waals surface area contributed by atoms with Gasteiger partial charge < -0.3 is 14.6 Å². The molecule has 0 saturated heterocycles. The average molecular weight is 241 g/mol. The van der Waals surface area contributed by atoms with Crippen molar-refractivity contribution in [3.63, 3.8) is 0 Å². The molecule has 2 atom stereocenters. The van der Waals surface area contributed by atoms with Gasteiger partial charge in [0.2, 0.25) is 11.7 Å². The topological polar surface area (TPSA) is 60.2 Å². The molecule has 0 spiro atoms. The normalized spacial score (nSPS) is 15.9. The van der Waals surface area contributed by atoms with Crippen LogP contribution in [-0.2, 0) is 10.3 Å². The molecule has 0 aromatic carbocycles. The molecule has 0 radical (unpaired) electrons. The Morgan fingerprint density at radius 1 is 1.41 bits per heavy atom. The third-order valence-electron chi connectivity index (χ3n) is 3.16. The molecule has 1 aromatic heterocycles. The van der Waals surface area contributed by atoms with Gasteiger partial charge in [0.25, 0.3) is 0 Å². The molecule has 2 unspecified atom stereocenters. The summed E-state index contributed by atoms with van der Waals surface area (Å²) < 4.78 is 10.6. The third-order valence-corrected chi connectivity index (χ3v) is 3.16. The van der Waals surface area contributed by atoms with E-state index >= 15 is 0 Å². The second-order valence-corrected chi connectivity index (χ2v) is 4.81. The first kappa shape index (κ1) is 14.1. The standard InChI is InChI=1S/C12H23N3O2/c1-7-13-9(3)8(2)10-14-11(15-17-10)12(4,5)16-6/h8-9,13H,7H2,1-6H3. The highest BCUT2D eigenvalue weighted by Crippen LogP contribution is 2.24. The van der Waals surface area contributed by atoms with E-state index < -0.39 is 5.60 Å². The molecule has 98 valence electrons. The molecule has 0 aliphatic heterocycles. The molecular formula is C12H23N3O2. The Balaban J connectivity index is 2.81. The first-order valence-corrected chi connectivity index (χ1v) is 6.05. The Morgan fingerprint density at radius 3 is 2.59 bits per heavy atom. The average Bonchev–Trinajstić information content (AvgIpc) is 2.78. The van der Waals surface area contributed by atoms with Gasteiger partial charge in [-0.15, -0.1) is 0 Å². The minimum absolute atomic E-state index is 0.184. The molecule has 0 bridgehead atoms. The van der Waals surface area contributed by atoms with E-state index in [1.165, 1.54) is 0 Å². The summed E-state index contributed by atoms with van der Waals surface area (Å²) in [5.74, 6) is 1.42. The number of ether oxygens (including phenoxy) is 1. The largest absolute Gasteiger partial charge is 0.371 e. The number of rotatable bonds is 6. The van der Waals surface area contributed by atoms with Crippen LogP contribution in [0.5, 0.6) is 0 Å². The Bertz CT molecular complexity index is 349. The van der Waals surface area contributed by atoms with Crippen molar-refractivity contribution in [3.05, 3.63) is 11.7 Å². The minimum atomic E-state index is -0.511. The highest BCUT2D eigenvalue weighted by Gasteiger charge is 2.28. The molecule has 0 fully saturated rings. The van der Waals surface area contributed by atoms with Crippen LogP contribution in [0.4, 0.5) is 0 Å². The molecule has 5 heteroatoms. The van der Waals surface area contributed by atoms with Crippen LogP contribution in [0.3, 0.4) is 0 Å². The van der Waals surface area contributed by atoms with Crippen molar-refractivity contribution >= 4 is 0 Å². The quantitative estimate of drug-likeness (QED) is 0.826. The van der Waals surface area contributed by atoms with Gasteiger partial charge in [0, 0.05) is 13.2 Å². The number of likely N-dealkylation sites (N-methyl/N-ethyl adjacent to an activating group) is 1. The van der Waals surface area contributed by atoms with Gasteiger partial charge in [-0.1, -0.05) is 19.0 Å². The molecule has 0 amide bonds. The molecule has 0 saturated carbocycles. The SMILES string of the molecule is CCNC(C)C(C)c1nc(C(C)(C)OC)no1. The number of aromatic nitrogens is 2. The number of hydrogen-bond acceptors (Lipinski definition) is 5. The van der Waals surface area contributed by atoms with Gasteiger partial charge >= 0.3 is 0 Å². The van der Waals surface area contributed by atoms with Crippen LogP contribution >= 0.6 is 0 Å². The summed E-state index contributed by atoms with van der Waals surface area (Å²) in [7, 11) is 1.64. The third kappa shape index (κ3) is 3.26. The molecular weight excluding hydrogens is 218 g/mol. The smallest absolute Gasteiger partial charge is 0.231 e. The van der Waals surface area contributed by atoms with Gasteiger partial charge in [0.15, 0.2) is 0 Å². The maximum absolute atomic E-state index is 5.32. The lowest BCUT2D eigenvalue weighted by atomic mass is 10.0. The maximum Gasteiger partial charge on any atom is 0.231 e. The van der Waals surface area contributed by atoms with Crippen LogP contribution in [-0.4, -0.2) is 29.8 Å². The predicted molar refractivity (Wildman–Crippen MR) is 65.9 cm³/mol. The minimum Gasteiger partial charge on any atom is -0.371 e. The molecule has 1 heterocycles. The van der Waals surface area contributed by atoms with Crippen LogP contribution < -0.4 is 5.32 Å². The zero-order valence-corrected chi connectivity index (χ0v) is 11.6. The molecule has 1 N–H and O–H groups in total. The van der Waals surface area contributed by atoms with Crippen molar-refractivity contribution < 1.29 is 9.26 Å². The van der Waals surface area contributed by atoms with Crippen molar-refractivity contribution in [2.24, 2.45) is 0 Å². The van der Waals surface area contributed by atoms with Crippen molar-refractivity contribution in [3.8, 4) is 0 Å². The Morgan fingerprint density at radius 2 is 2.06 bits per heavy atom. The predicted octanol–water partition coefficient (Wildman–Crippen LogP) is 2.05. The molecule has 1 aromatic rings. The summed E-state index contributed by atoms with van der Waals surface area (Å²) in [6.07, 6.45) is 0. The van der Waals surface area contributed by atoms with Crippen LogP contribution in [0.2, 0.25) is 0 Å². The van der Waals surface area contributed by atoms with Gasteiger partial charge in [0.05, 0.1) is 5.92 Å². The maximum atomic E-state index is 5.32. The first-order chi connectivity index (χ1) is 7.92. The van der Waals surface area contributed by atoms with E-state index in [0.29, 0.717) is 17.8 Å². The van der Waals surface area contributed by atoms with Crippen molar-refractivity contribution in [1.82, 2.24) is 15.5 Å². The first-order valence-electron chi connectivity index (χ1n) is 6.05. The molecule has 17 heavy (non-hydrogen) atoms. The van der Waals surface area contributed by atoms with Crippen LogP contribution in [0.15, 0.2) is 4.52 Å². The number of methoxy groups -OCH3 is 1. The lowest BCUT2D eigenvalue weighted by Gasteiger charge is -2.18. The Hall–Kier alpha value is -0.940. The second kappa shape index (κ2) is 5.60. The van der Waals surface area contributed by atoms with Crippen molar-refractivity contribution in [2.75, 3.05) is 13.7 Å². The van der Waals surface area contributed by atoms with Gasteiger partial charge in [0.1, 0.15) is 5.60 Å². The van der Waals surface area contributed by atoms with E-state index in [-0.39, 0.29) is 5.92 Å². The van der Waals surface area contributed by atoms with Crippen molar-refractivity contribution in [2.45, 2.75) is 52.2 Å². The van der Waals surface area contributed by atoms with E-state index in [2.05, 4.69) is 36.2 Å². The monoisotopic (exact) mass is 241 g/mol. The summed E-state index contributed by atoms with van der Waals surface area (Å²) in [5.41, 5.74) is -0.511. The van der Waals surface area contributed by atoms with Gasteiger partial charge in [-0.05, 0) is 27.3 Å². The van der Waals surface area contributed by atoms with Gasteiger partial charge in [-0.25, -0.2) is 0 Å². The van der Waals surface area contributed by atoms with Gasteiger partial charge in [-0.3, -0.25) is 0 Å². The molecule has 0 aliphatic rings. The van der Waals surface area contributed by atoms with Crippen LogP contribution in [0.1, 0.15) is 52.3 Å². The lowest BCUT2D eigenvalue weighted by molar-refractivity contribution is 0.00973. The second-order valence-electron chi connectivity index (χ2n) is 4.81. The zero-order valence-electron chi connectivity index (χ0n) is 11.6. The Kier molecular flexibility index (Phi) is 4.65.